The predicted octanol–water partition coefficient (Wildman–Crippen LogP) is 9.24. The van der Waals surface area contributed by atoms with Gasteiger partial charge in [-0.25, -0.2) is 9.59 Å². The van der Waals surface area contributed by atoms with Crippen LogP contribution in [0.4, 0.5) is 0 Å². The number of thioether (sulfide) groups is 2. The van der Waals surface area contributed by atoms with Crippen molar-refractivity contribution >= 4 is 83.2 Å². The monoisotopic (exact) mass is 1280 g/mol. The SMILES string of the molecule is C=CC(=O)OCC(C)OC(=O)CCC(=O)OCCc1ccc(OC(=O)C2CCC(C(=O)Oc3ccc(OC(=O)C4CCC(C(=O)Oc5ccc(CCOC(=O)CCC(=O)OCC(C)OC(C)COC(=O)C=C)cc5)CC4)c4c3SC(=C(C#N)C#N)S4)CC2)cc1. The predicted molar refractivity (Wildman–Crippen MR) is 319 cm³/mol. The number of carbonyl (C=O) groups is 10. The minimum absolute atomic E-state index is 0.0113. The standard InChI is InChI=1S/C65H70N2O21S2/c1-6-53(68)80-36-39(3)83-40(4)37-82-57(72)27-26-55(70)78-32-30-42-8-20-49(21-9-42)85-61(74)44-12-16-46(17-13-44)63(76)87-51-24-25-52(60-59(51)89-65(90-60)48(34-66)35-67)88-64(77)47-18-14-45(15-19-47)62(75)86-50-22-10-43(11-23-50)31-33-79-56(71)28-29-58(73)84-41(5)38-81-54(69)7-2/h6-11,20-25,39-41,44-47H,1-2,12-19,26-33,36-38H2,3-5H3. The normalized spacial score (nSPS) is 17.5. The van der Waals surface area contributed by atoms with Crippen LogP contribution >= 0.6 is 23.5 Å². The summed E-state index contributed by atoms with van der Waals surface area (Å²) in [7, 11) is 0. The van der Waals surface area contributed by atoms with E-state index in [9.17, 15) is 58.5 Å². The van der Waals surface area contributed by atoms with Crippen molar-refractivity contribution in [3.8, 4) is 35.1 Å². The van der Waals surface area contributed by atoms with E-state index in [1.165, 1.54) is 12.1 Å². The first kappa shape index (κ1) is 70.3. The summed E-state index contributed by atoms with van der Waals surface area (Å²) < 4.78 is 59.7. The Hall–Kier alpha value is -8.78. The number of rotatable bonds is 31. The molecule has 1 aliphatic heterocycles. The van der Waals surface area contributed by atoms with Crippen LogP contribution in [0.5, 0.6) is 23.0 Å². The van der Waals surface area contributed by atoms with Crippen molar-refractivity contribution in [1.29, 1.82) is 10.5 Å². The van der Waals surface area contributed by atoms with E-state index in [-0.39, 0.29) is 75.8 Å². The zero-order chi connectivity index (χ0) is 65.1. The third kappa shape index (κ3) is 23.0. The Balaban J connectivity index is 0.885. The van der Waals surface area contributed by atoms with Gasteiger partial charge in [-0.15, -0.1) is 0 Å². The number of nitriles is 2. The fourth-order valence-corrected chi connectivity index (χ4v) is 11.9. The Morgan fingerprint density at radius 1 is 0.478 bits per heavy atom. The Morgan fingerprint density at radius 2 is 0.822 bits per heavy atom. The van der Waals surface area contributed by atoms with Crippen molar-refractivity contribution in [2.75, 3.05) is 33.0 Å². The third-order valence-electron chi connectivity index (χ3n) is 14.3. The van der Waals surface area contributed by atoms with Crippen molar-refractivity contribution < 1.29 is 100 Å². The van der Waals surface area contributed by atoms with Crippen LogP contribution in [0.3, 0.4) is 0 Å². The summed E-state index contributed by atoms with van der Waals surface area (Å²) in [5, 5.41) is 19.4. The number of fused-ring (bicyclic) bond motifs is 1. The summed E-state index contributed by atoms with van der Waals surface area (Å²) in [6, 6.07) is 20.2. The van der Waals surface area contributed by atoms with Gasteiger partial charge in [0.05, 0.1) is 88.8 Å². The van der Waals surface area contributed by atoms with E-state index in [1.807, 2.05) is 12.1 Å². The van der Waals surface area contributed by atoms with Gasteiger partial charge in [0.15, 0.2) is 0 Å². The molecule has 2 aliphatic carbocycles. The minimum Gasteiger partial charge on any atom is -0.465 e. The van der Waals surface area contributed by atoms with Crippen LogP contribution in [-0.4, -0.2) is 111 Å². The summed E-state index contributed by atoms with van der Waals surface area (Å²) in [5.74, 6) is -6.73. The molecule has 0 bridgehead atoms. The summed E-state index contributed by atoms with van der Waals surface area (Å²) in [5.41, 5.74) is 1.43. The Bertz CT molecular complexity index is 3210. The smallest absolute Gasteiger partial charge is 0.330 e. The van der Waals surface area contributed by atoms with Crippen LogP contribution in [0, 0.1) is 46.3 Å². The lowest BCUT2D eigenvalue weighted by atomic mass is 9.82. The molecule has 2 saturated carbocycles. The van der Waals surface area contributed by atoms with Gasteiger partial charge in [0, 0.05) is 25.0 Å². The first-order chi connectivity index (χ1) is 43.2. The zero-order valence-corrected chi connectivity index (χ0v) is 51.7. The number of ether oxygens (including phenoxy) is 11. The summed E-state index contributed by atoms with van der Waals surface area (Å²) >= 11 is 2.09. The molecule has 0 radical (unpaired) electrons. The van der Waals surface area contributed by atoms with Gasteiger partial charge in [-0.1, -0.05) is 60.9 Å². The van der Waals surface area contributed by atoms with E-state index in [2.05, 4.69) is 13.2 Å². The molecule has 3 unspecified atom stereocenters. The highest BCUT2D eigenvalue weighted by Gasteiger charge is 2.37. The highest BCUT2D eigenvalue weighted by atomic mass is 32.2. The molecule has 3 aromatic rings. The van der Waals surface area contributed by atoms with E-state index < -0.39 is 102 Å². The van der Waals surface area contributed by atoms with E-state index in [1.54, 1.807) is 69.3 Å². The van der Waals surface area contributed by atoms with Gasteiger partial charge < -0.3 is 52.1 Å². The number of allylic oxidation sites excluding steroid dienone is 1. The molecule has 0 N–H and O–H groups in total. The maximum atomic E-state index is 13.7. The van der Waals surface area contributed by atoms with Gasteiger partial charge in [-0.2, -0.15) is 10.5 Å². The van der Waals surface area contributed by atoms with Crippen LogP contribution in [-0.2, 0) is 93.9 Å². The maximum absolute atomic E-state index is 13.7. The lowest BCUT2D eigenvalue weighted by Crippen LogP contribution is -2.30. The molecule has 25 heteroatoms. The Labute approximate surface area is 529 Å². The van der Waals surface area contributed by atoms with E-state index in [0.29, 0.717) is 89.7 Å². The highest BCUT2D eigenvalue weighted by Crippen LogP contribution is 2.59. The van der Waals surface area contributed by atoms with E-state index >= 15 is 0 Å². The number of nitrogens with zero attached hydrogens (tertiary/aromatic N) is 2. The van der Waals surface area contributed by atoms with E-state index in [0.717, 1.165) is 46.8 Å². The van der Waals surface area contributed by atoms with Gasteiger partial charge in [0.2, 0.25) is 0 Å². The molecule has 0 aromatic heterocycles. The number of benzene rings is 3. The van der Waals surface area contributed by atoms with Gasteiger partial charge in [-0.3, -0.25) is 38.4 Å². The van der Waals surface area contributed by atoms with Gasteiger partial charge in [0.1, 0.15) is 66.6 Å². The molecular weight excluding hydrogens is 1210 g/mol. The summed E-state index contributed by atoms with van der Waals surface area (Å²) in [6.45, 7) is 11.5. The van der Waals surface area contributed by atoms with Gasteiger partial charge in [-0.05, 0) is 120 Å². The van der Waals surface area contributed by atoms with E-state index in [4.69, 9.17) is 52.1 Å². The first-order valence-electron chi connectivity index (χ1n) is 29.3. The highest BCUT2D eigenvalue weighted by molar-refractivity contribution is 8.24. The molecule has 3 aromatic carbocycles. The van der Waals surface area contributed by atoms with Crippen LogP contribution in [0.15, 0.2) is 106 Å². The molecule has 3 atom stereocenters. The summed E-state index contributed by atoms with van der Waals surface area (Å²) in [6.07, 6.45) is 3.16. The molecule has 6 rings (SSSR count). The van der Waals surface area contributed by atoms with Crippen molar-refractivity contribution in [3.05, 3.63) is 107 Å². The quantitative estimate of drug-likeness (QED) is 0.0190. The second-order valence-corrected chi connectivity index (χ2v) is 23.5. The average Bonchev–Trinajstić information content (AvgIpc) is 1.65. The average molecular weight is 1280 g/mol. The van der Waals surface area contributed by atoms with Gasteiger partial charge in [0.25, 0.3) is 0 Å². The van der Waals surface area contributed by atoms with Crippen LogP contribution < -0.4 is 18.9 Å². The van der Waals surface area contributed by atoms with Crippen molar-refractivity contribution in [2.24, 2.45) is 23.7 Å². The minimum atomic E-state index is -0.700. The molecule has 1 heterocycles. The fourth-order valence-electron chi connectivity index (χ4n) is 9.38. The van der Waals surface area contributed by atoms with Crippen molar-refractivity contribution in [1.82, 2.24) is 0 Å². The molecule has 0 amide bonds. The molecular formula is C65H70N2O21S2. The zero-order valence-electron chi connectivity index (χ0n) is 50.1. The molecule has 3 aliphatic rings. The summed E-state index contributed by atoms with van der Waals surface area (Å²) in [4.78, 5) is 126. The number of esters is 10. The van der Waals surface area contributed by atoms with Gasteiger partial charge >= 0.3 is 59.7 Å². The molecule has 0 spiro atoms. The Kier molecular flexibility index (Phi) is 28.1. The lowest BCUT2D eigenvalue weighted by Gasteiger charge is -2.26. The Morgan fingerprint density at radius 3 is 1.20 bits per heavy atom. The largest absolute Gasteiger partial charge is 0.465 e. The molecule has 2 fully saturated rings. The molecule has 90 heavy (non-hydrogen) atoms. The van der Waals surface area contributed by atoms with Crippen LogP contribution in [0.2, 0.25) is 0 Å². The van der Waals surface area contributed by atoms with Crippen molar-refractivity contribution in [3.63, 3.8) is 0 Å². The van der Waals surface area contributed by atoms with Crippen LogP contribution in [0.1, 0.15) is 109 Å². The van der Waals surface area contributed by atoms with Crippen molar-refractivity contribution in [2.45, 2.75) is 139 Å². The molecule has 478 valence electrons. The van der Waals surface area contributed by atoms with Crippen LogP contribution in [0.25, 0.3) is 0 Å². The number of hydrogen-bond acceptors (Lipinski definition) is 25. The fraction of sp³-hybridized carbons (Fsp3) is 0.446. The topological polar surface area (TPSA) is 320 Å². The molecule has 0 saturated heterocycles. The third-order valence-corrected chi connectivity index (χ3v) is 16.9. The number of carbonyl (C=O) groups excluding carboxylic acids is 10. The first-order valence-corrected chi connectivity index (χ1v) is 30.9. The maximum Gasteiger partial charge on any atom is 0.330 e. The second kappa shape index (κ2) is 36.0. The lowest BCUT2D eigenvalue weighted by molar-refractivity contribution is -0.157. The second-order valence-electron chi connectivity index (χ2n) is 21.2. The number of hydrogen-bond donors (Lipinski definition) is 0. The molecule has 23 nitrogen and oxygen atoms in total.